The number of carboxylic acids is 1. The molecule has 0 saturated heterocycles. The summed E-state index contributed by atoms with van der Waals surface area (Å²) >= 11 is 0. The van der Waals surface area contributed by atoms with Crippen LogP contribution in [0.2, 0.25) is 0 Å². The molecule has 0 aromatic heterocycles. The summed E-state index contributed by atoms with van der Waals surface area (Å²) in [4.78, 5) is 37.3. The fraction of sp³-hybridized carbons (Fsp3) is 0.182. The maximum atomic E-state index is 11.8. The number of hydrogen-bond acceptors (Lipinski definition) is 4. The number of carbonyl (C=O) groups is 3. The summed E-state index contributed by atoms with van der Waals surface area (Å²) in [6, 6.07) is 6.36. The van der Waals surface area contributed by atoms with Gasteiger partial charge in [0.2, 0.25) is 0 Å². The van der Waals surface area contributed by atoms with Gasteiger partial charge in [0.15, 0.2) is 6.61 Å². The van der Waals surface area contributed by atoms with Crippen molar-refractivity contribution in [2.75, 3.05) is 6.61 Å². The van der Waals surface area contributed by atoms with Crippen molar-refractivity contribution in [3.63, 3.8) is 0 Å². The summed E-state index contributed by atoms with van der Waals surface area (Å²) in [5.74, 6) is -1.97. The molecular weight excluding hydrogens is 254 g/mol. The van der Waals surface area contributed by atoms with Gasteiger partial charge in [0.05, 0.1) is 0 Å². The third-order valence-corrected chi connectivity index (χ3v) is 2.05. The van der Waals surface area contributed by atoms with E-state index in [1.165, 1.54) is 0 Å². The first-order chi connectivity index (χ1) is 9.00. The zero-order valence-electron chi connectivity index (χ0n) is 9.83. The van der Waals surface area contributed by atoms with Crippen LogP contribution in [-0.4, -0.2) is 29.6 Å². The lowest BCUT2D eigenvalue weighted by atomic mass is 10.1. The quantitative estimate of drug-likeness (QED) is 0.517. The van der Waals surface area contributed by atoms with Gasteiger partial charge >= 0.3 is 12.0 Å². The number of carboxylic acid groups (broad SMARTS) is 1. The van der Waals surface area contributed by atoms with Crippen LogP contribution in [0.3, 0.4) is 0 Å². The number of carbonyl (C=O) groups excluding carboxylic acids is 2. The molecule has 0 radical (unpaired) electrons. The van der Waals surface area contributed by atoms with E-state index < -0.39 is 30.6 Å². The van der Waals surface area contributed by atoms with Crippen LogP contribution in [0.25, 0.3) is 0 Å². The molecule has 1 aromatic rings. The molecule has 102 valence electrons. The summed E-state index contributed by atoms with van der Waals surface area (Å²) in [5.41, 5.74) is 7.39. The first-order valence-corrected chi connectivity index (χ1v) is 5.25. The fourth-order valence-electron chi connectivity index (χ4n) is 1.32. The lowest BCUT2D eigenvalue weighted by Gasteiger charge is -2.16. The maximum Gasteiger partial charge on any atom is 0.332 e. The molecule has 0 bridgehead atoms. The Balaban J connectivity index is 2.71. The molecule has 1 aromatic carbocycles. The van der Waals surface area contributed by atoms with Gasteiger partial charge in [-0.1, -0.05) is 30.3 Å². The minimum absolute atomic E-state index is 0.484. The van der Waals surface area contributed by atoms with Crippen LogP contribution in [0, 0.1) is 0 Å². The van der Waals surface area contributed by atoms with E-state index in [4.69, 9.17) is 10.8 Å². The van der Waals surface area contributed by atoms with Gasteiger partial charge in [-0.25, -0.2) is 15.1 Å². The lowest BCUT2D eigenvalue weighted by molar-refractivity contribution is -0.150. The number of aliphatic carboxylic acids is 1. The van der Waals surface area contributed by atoms with Crippen molar-refractivity contribution in [2.45, 2.75) is 6.04 Å². The van der Waals surface area contributed by atoms with Gasteiger partial charge in [0.25, 0.3) is 5.91 Å². The van der Waals surface area contributed by atoms with Crippen molar-refractivity contribution in [3.05, 3.63) is 35.9 Å². The van der Waals surface area contributed by atoms with Gasteiger partial charge in [0, 0.05) is 0 Å². The minimum atomic E-state index is -1.24. The van der Waals surface area contributed by atoms with E-state index in [0.29, 0.717) is 5.56 Å². The summed E-state index contributed by atoms with van der Waals surface area (Å²) < 4.78 is 0. The summed E-state index contributed by atoms with van der Waals surface area (Å²) in [6.45, 7) is -0.691. The van der Waals surface area contributed by atoms with Crippen molar-refractivity contribution in [1.29, 1.82) is 0 Å². The van der Waals surface area contributed by atoms with Crippen LogP contribution >= 0.6 is 0 Å². The average molecular weight is 267 g/mol. The molecule has 8 nitrogen and oxygen atoms in total. The highest BCUT2D eigenvalue weighted by Gasteiger charge is 2.22. The number of nitrogens with two attached hydrogens (primary N) is 1. The van der Waals surface area contributed by atoms with Crippen LogP contribution < -0.4 is 16.5 Å². The van der Waals surface area contributed by atoms with E-state index in [9.17, 15) is 14.4 Å². The Bertz CT molecular complexity index is 463. The van der Waals surface area contributed by atoms with Crippen LogP contribution in [0.5, 0.6) is 0 Å². The number of amides is 3. The largest absolute Gasteiger partial charge is 0.479 e. The zero-order valence-corrected chi connectivity index (χ0v) is 9.83. The van der Waals surface area contributed by atoms with E-state index in [0.717, 1.165) is 0 Å². The molecular formula is C11H13N3O5. The molecule has 0 spiro atoms. The van der Waals surface area contributed by atoms with Crippen molar-refractivity contribution in [1.82, 2.24) is 10.8 Å². The minimum Gasteiger partial charge on any atom is -0.479 e. The molecule has 5 N–H and O–H groups in total. The van der Waals surface area contributed by atoms with Gasteiger partial charge in [-0.05, 0) is 5.56 Å². The van der Waals surface area contributed by atoms with E-state index in [-0.39, 0.29) is 0 Å². The Hall–Kier alpha value is -2.61. The second kappa shape index (κ2) is 6.97. The molecule has 1 rings (SSSR count). The second-order valence-corrected chi connectivity index (χ2v) is 3.50. The Labute approximate surface area is 108 Å². The fourth-order valence-corrected chi connectivity index (χ4v) is 1.32. The Morgan fingerprint density at radius 2 is 1.89 bits per heavy atom. The second-order valence-electron chi connectivity index (χ2n) is 3.50. The number of hydrogen-bond donors (Lipinski definition) is 4. The Morgan fingerprint density at radius 3 is 2.42 bits per heavy atom. The molecule has 0 heterocycles. The van der Waals surface area contributed by atoms with Gasteiger partial charge < -0.3 is 16.2 Å². The monoisotopic (exact) mass is 267 g/mol. The summed E-state index contributed by atoms with van der Waals surface area (Å²) in [6.07, 6.45) is 0. The zero-order chi connectivity index (χ0) is 14.3. The van der Waals surface area contributed by atoms with Crippen LogP contribution in [0.4, 0.5) is 4.79 Å². The smallest absolute Gasteiger partial charge is 0.332 e. The van der Waals surface area contributed by atoms with Gasteiger partial charge in [-0.3, -0.25) is 9.63 Å². The number of primary amides is 1. The van der Waals surface area contributed by atoms with Crippen molar-refractivity contribution < 1.29 is 24.3 Å². The highest BCUT2D eigenvalue weighted by atomic mass is 16.7. The Kier molecular flexibility index (Phi) is 5.30. The first kappa shape index (κ1) is 14.5. The molecule has 3 amide bonds. The number of benzene rings is 1. The molecule has 0 aliphatic heterocycles. The standard InChI is InChI=1S/C11H13N3O5/c12-11(18)13-9(7-4-2-1-3-5-7)10(17)14-19-6-8(15)16/h1-5,9H,6H2,(H,14,17)(H,15,16)(H3,12,13,18). The molecule has 0 aliphatic carbocycles. The molecule has 1 atom stereocenters. The maximum absolute atomic E-state index is 11.8. The van der Waals surface area contributed by atoms with Crippen molar-refractivity contribution >= 4 is 17.9 Å². The molecule has 0 aliphatic rings. The number of hydroxylamine groups is 1. The first-order valence-electron chi connectivity index (χ1n) is 5.25. The van der Waals surface area contributed by atoms with Gasteiger partial charge in [0.1, 0.15) is 6.04 Å². The third kappa shape index (κ3) is 5.04. The topological polar surface area (TPSA) is 131 Å². The highest BCUT2D eigenvalue weighted by Crippen LogP contribution is 2.12. The van der Waals surface area contributed by atoms with E-state index >= 15 is 0 Å². The Morgan fingerprint density at radius 1 is 1.26 bits per heavy atom. The third-order valence-electron chi connectivity index (χ3n) is 2.05. The predicted molar refractivity (Wildman–Crippen MR) is 63.6 cm³/mol. The van der Waals surface area contributed by atoms with Crippen LogP contribution in [0.15, 0.2) is 30.3 Å². The van der Waals surface area contributed by atoms with Crippen LogP contribution in [-0.2, 0) is 14.4 Å². The number of urea groups is 1. The molecule has 0 saturated carbocycles. The average Bonchev–Trinajstić information content (AvgIpc) is 2.36. The van der Waals surface area contributed by atoms with E-state index in [1.54, 1.807) is 30.3 Å². The lowest BCUT2D eigenvalue weighted by Crippen LogP contribution is -2.42. The SMILES string of the molecule is NC(=O)NC(C(=O)NOCC(=O)O)c1ccccc1. The van der Waals surface area contributed by atoms with Crippen LogP contribution in [0.1, 0.15) is 11.6 Å². The number of rotatable bonds is 6. The molecule has 19 heavy (non-hydrogen) atoms. The number of nitrogens with one attached hydrogen (secondary N) is 2. The van der Waals surface area contributed by atoms with E-state index in [1.807, 2.05) is 5.48 Å². The molecule has 8 heteroatoms. The normalized spacial score (nSPS) is 11.4. The molecule has 0 fully saturated rings. The van der Waals surface area contributed by atoms with Crippen molar-refractivity contribution in [2.24, 2.45) is 5.73 Å². The predicted octanol–water partition coefficient (Wildman–Crippen LogP) is -0.472. The summed E-state index contributed by atoms with van der Waals surface area (Å²) in [5, 5.41) is 10.6. The van der Waals surface area contributed by atoms with E-state index in [2.05, 4.69) is 10.2 Å². The summed E-state index contributed by atoms with van der Waals surface area (Å²) in [7, 11) is 0. The van der Waals surface area contributed by atoms with Crippen molar-refractivity contribution in [3.8, 4) is 0 Å². The van der Waals surface area contributed by atoms with Gasteiger partial charge in [-0.15, -0.1) is 0 Å². The highest BCUT2D eigenvalue weighted by molar-refractivity contribution is 5.87. The van der Waals surface area contributed by atoms with Gasteiger partial charge in [-0.2, -0.15) is 0 Å². The molecule has 1 unspecified atom stereocenters.